The molecule has 0 radical (unpaired) electrons. The fraction of sp³-hybridized carbons (Fsp3) is 0.833. The summed E-state index contributed by atoms with van der Waals surface area (Å²) in [5.41, 5.74) is 0. The topological polar surface area (TPSA) is 61.4 Å². The van der Waals surface area contributed by atoms with Crippen LogP contribution in [0, 0.1) is 0 Å². The molecule has 2 rings (SSSR count). The van der Waals surface area contributed by atoms with E-state index in [-0.39, 0.29) is 18.0 Å². The van der Waals surface area contributed by atoms with Gasteiger partial charge < -0.3 is 5.32 Å². The van der Waals surface area contributed by atoms with E-state index in [1.807, 2.05) is 0 Å². The maximum atomic E-state index is 11.7. The smallest absolute Gasteiger partial charge is 0.321 e. The molecule has 0 aromatic rings. The third-order valence-corrected chi connectivity index (χ3v) is 3.45. The van der Waals surface area contributed by atoms with Crippen LogP contribution in [0.2, 0.25) is 0 Å². The zero-order valence-electron chi connectivity index (χ0n) is 10.4. The second-order valence-corrected chi connectivity index (χ2v) is 5.11. The van der Waals surface area contributed by atoms with Gasteiger partial charge in [-0.1, -0.05) is 6.42 Å². The number of hydrogen-bond acceptors (Lipinski definition) is 3. The normalized spacial score (nSPS) is 25.4. The van der Waals surface area contributed by atoms with E-state index < -0.39 is 0 Å². The molecule has 2 N–H and O–H groups in total. The molecule has 1 saturated heterocycles. The molecule has 1 saturated carbocycles. The Balaban J connectivity index is 1.69. The molecule has 5 heteroatoms. The minimum atomic E-state index is -0.345. The second-order valence-electron chi connectivity index (χ2n) is 5.11. The summed E-state index contributed by atoms with van der Waals surface area (Å²) in [6, 6.07) is 0.389. The van der Waals surface area contributed by atoms with E-state index in [0.717, 1.165) is 32.2 Å². The van der Waals surface area contributed by atoms with Gasteiger partial charge in [0, 0.05) is 12.1 Å². The molecule has 0 aromatic heterocycles. The maximum Gasteiger partial charge on any atom is 0.321 e. The maximum absolute atomic E-state index is 11.7. The fourth-order valence-corrected chi connectivity index (χ4v) is 2.19. The van der Waals surface area contributed by atoms with Crippen LogP contribution < -0.4 is 10.6 Å². The predicted molar refractivity (Wildman–Crippen MR) is 64.6 cm³/mol. The third kappa shape index (κ3) is 4.00. The van der Waals surface area contributed by atoms with Crippen LogP contribution in [0.4, 0.5) is 4.79 Å². The van der Waals surface area contributed by atoms with Crippen molar-refractivity contribution in [3.05, 3.63) is 0 Å². The van der Waals surface area contributed by atoms with Crippen molar-refractivity contribution in [3.8, 4) is 0 Å². The summed E-state index contributed by atoms with van der Waals surface area (Å²) >= 11 is 0. The summed E-state index contributed by atoms with van der Waals surface area (Å²) in [6.07, 6.45) is 5.59. The van der Waals surface area contributed by atoms with Crippen molar-refractivity contribution in [2.24, 2.45) is 0 Å². The first-order valence-corrected chi connectivity index (χ1v) is 6.49. The third-order valence-electron chi connectivity index (χ3n) is 3.45. The molecular formula is C12H21N3O2. The highest BCUT2D eigenvalue weighted by Crippen LogP contribution is 2.18. The molecule has 0 bridgehead atoms. The number of nitrogens with zero attached hydrogens (tertiary/aromatic N) is 1. The summed E-state index contributed by atoms with van der Waals surface area (Å²) < 4.78 is 0. The number of likely N-dealkylation sites (tertiary alicyclic amines) is 1. The molecule has 2 aliphatic rings. The molecule has 1 atom stereocenters. The van der Waals surface area contributed by atoms with Gasteiger partial charge in [-0.15, -0.1) is 0 Å². The first-order valence-electron chi connectivity index (χ1n) is 6.49. The van der Waals surface area contributed by atoms with Gasteiger partial charge in [-0.25, -0.2) is 4.79 Å². The van der Waals surface area contributed by atoms with Crippen LogP contribution in [0.3, 0.4) is 0 Å². The lowest BCUT2D eigenvalue weighted by Gasteiger charge is -2.32. The van der Waals surface area contributed by atoms with Gasteiger partial charge in [0.05, 0.1) is 6.54 Å². The van der Waals surface area contributed by atoms with E-state index in [9.17, 15) is 9.59 Å². The standard InChI is InChI=1S/C12H21N3O2/c1-9-4-2-3-7-15(9)8-11(16)14-12(17)13-10-5-6-10/h9-10H,2-8H2,1H3,(H2,13,14,16,17)/t9-/m1/s1. The Morgan fingerprint density at radius 3 is 2.65 bits per heavy atom. The van der Waals surface area contributed by atoms with Crippen LogP contribution in [0.25, 0.3) is 0 Å². The summed E-state index contributed by atoms with van der Waals surface area (Å²) in [5.74, 6) is -0.197. The summed E-state index contributed by atoms with van der Waals surface area (Å²) in [6.45, 7) is 3.43. The number of amides is 3. The number of hydrogen-bond donors (Lipinski definition) is 2. The van der Waals surface area contributed by atoms with Crippen molar-refractivity contribution in [3.63, 3.8) is 0 Å². The largest absolute Gasteiger partial charge is 0.335 e. The average Bonchev–Trinajstić information content (AvgIpc) is 3.05. The highest BCUT2D eigenvalue weighted by Gasteiger charge is 2.25. The van der Waals surface area contributed by atoms with Gasteiger partial charge in [0.25, 0.3) is 0 Å². The number of nitrogens with one attached hydrogen (secondary N) is 2. The number of carbonyl (C=O) groups is 2. The van der Waals surface area contributed by atoms with Crippen molar-refractivity contribution in [2.45, 2.75) is 51.1 Å². The molecular weight excluding hydrogens is 218 g/mol. The van der Waals surface area contributed by atoms with Gasteiger partial charge in [0.15, 0.2) is 0 Å². The van der Waals surface area contributed by atoms with E-state index in [0.29, 0.717) is 12.6 Å². The van der Waals surface area contributed by atoms with E-state index in [4.69, 9.17) is 0 Å². The van der Waals surface area contributed by atoms with Crippen molar-refractivity contribution in [1.29, 1.82) is 0 Å². The van der Waals surface area contributed by atoms with E-state index in [1.54, 1.807) is 0 Å². The summed E-state index contributed by atoms with van der Waals surface area (Å²) in [4.78, 5) is 25.2. The average molecular weight is 239 g/mol. The van der Waals surface area contributed by atoms with E-state index >= 15 is 0 Å². The minimum Gasteiger partial charge on any atom is -0.335 e. The molecule has 2 fully saturated rings. The molecule has 5 nitrogen and oxygen atoms in total. The quantitative estimate of drug-likeness (QED) is 0.767. The number of rotatable bonds is 3. The second kappa shape index (κ2) is 5.49. The SMILES string of the molecule is C[C@@H]1CCCCN1CC(=O)NC(=O)NC1CC1. The van der Waals surface area contributed by atoms with Crippen LogP contribution >= 0.6 is 0 Å². The number of urea groups is 1. The van der Waals surface area contributed by atoms with Crippen molar-refractivity contribution < 1.29 is 9.59 Å². The number of carbonyl (C=O) groups excluding carboxylic acids is 2. The number of imide groups is 1. The van der Waals surface area contributed by atoms with Crippen LogP contribution in [0.15, 0.2) is 0 Å². The van der Waals surface area contributed by atoms with Crippen molar-refractivity contribution in [2.75, 3.05) is 13.1 Å². The summed E-state index contributed by atoms with van der Waals surface area (Å²) in [5, 5.41) is 5.13. The highest BCUT2D eigenvalue weighted by atomic mass is 16.2. The van der Waals surface area contributed by atoms with Gasteiger partial charge in [0.1, 0.15) is 0 Å². The first kappa shape index (κ1) is 12.4. The molecule has 1 aliphatic carbocycles. The molecule has 1 aliphatic heterocycles. The Bertz CT molecular complexity index is 302. The van der Waals surface area contributed by atoms with Crippen molar-refractivity contribution in [1.82, 2.24) is 15.5 Å². The van der Waals surface area contributed by atoms with Crippen LogP contribution in [0.1, 0.15) is 39.0 Å². The van der Waals surface area contributed by atoms with Gasteiger partial charge in [-0.3, -0.25) is 15.0 Å². The number of piperidine rings is 1. The Hall–Kier alpha value is -1.10. The van der Waals surface area contributed by atoms with Gasteiger partial charge in [-0.2, -0.15) is 0 Å². The Morgan fingerprint density at radius 2 is 2.00 bits per heavy atom. The fourth-order valence-electron chi connectivity index (χ4n) is 2.19. The highest BCUT2D eigenvalue weighted by molar-refractivity contribution is 5.95. The Kier molecular flexibility index (Phi) is 3.99. The molecule has 0 aromatic carbocycles. The first-order chi connectivity index (χ1) is 8.15. The van der Waals surface area contributed by atoms with E-state index in [1.165, 1.54) is 6.42 Å². The Labute approximate surface area is 102 Å². The molecule has 1 heterocycles. The summed E-state index contributed by atoms with van der Waals surface area (Å²) in [7, 11) is 0. The Morgan fingerprint density at radius 1 is 1.24 bits per heavy atom. The lowest BCUT2D eigenvalue weighted by molar-refractivity contribution is -0.122. The minimum absolute atomic E-state index is 0.197. The van der Waals surface area contributed by atoms with Gasteiger partial charge in [-0.05, 0) is 39.2 Å². The molecule has 0 spiro atoms. The lowest BCUT2D eigenvalue weighted by atomic mass is 10.0. The molecule has 17 heavy (non-hydrogen) atoms. The monoisotopic (exact) mass is 239 g/mol. The molecule has 3 amide bonds. The molecule has 96 valence electrons. The van der Waals surface area contributed by atoms with Crippen LogP contribution in [-0.2, 0) is 4.79 Å². The van der Waals surface area contributed by atoms with Gasteiger partial charge in [0.2, 0.25) is 5.91 Å². The predicted octanol–water partition coefficient (Wildman–Crippen LogP) is 0.849. The van der Waals surface area contributed by atoms with Crippen LogP contribution in [-0.4, -0.2) is 42.0 Å². The zero-order valence-corrected chi connectivity index (χ0v) is 10.4. The lowest BCUT2D eigenvalue weighted by Crippen LogP contribution is -2.48. The van der Waals surface area contributed by atoms with Crippen LogP contribution in [0.5, 0.6) is 0 Å². The van der Waals surface area contributed by atoms with Gasteiger partial charge >= 0.3 is 6.03 Å². The van der Waals surface area contributed by atoms with E-state index in [2.05, 4.69) is 22.5 Å². The zero-order chi connectivity index (χ0) is 12.3. The molecule has 0 unspecified atom stereocenters. The van der Waals surface area contributed by atoms with Crippen molar-refractivity contribution >= 4 is 11.9 Å².